The van der Waals surface area contributed by atoms with E-state index in [2.05, 4.69) is 20.4 Å². The first-order valence-electron chi connectivity index (χ1n) is 14.7. The minimum Gasteiger partial charge on any atom is -0.465 e. The monoisotopic (exact) mass is 461 g/mol. The van der Waals surface area contributed by atoms with Gasteiger partial charge in [-0.1, -0.05) is 122 Å². The third-order valence-corrected chi connectivity index (χ3v) is 8.70. The predicted molar refractivity (Wildman–Crippen MR) is 142 cm³/mol. The Labute approximate surface area is 205 Å². The number of carboxylic acid groups (broad SMARTS) is 1. The Bertz CT molecular complexity index is 553. The molecule has 1 N–H and O–H groups in total. The summed E-state index contributed by atoms with van der Waals surface area (Å²) in [6, 6.07) is 0.231. The molecule has 2 aliphatic rings. The third-order valence-electron chi connectivity index (χ3n) is 8.70. The van der Waals surface area contributed by atoms with Gasteiger partial charge in [-0.25, -0.2) is 4.79 Å². The molecule has 0 aromatic carbocycles. The van der Waals surface area contributed by atoms with Gasteiger partial charge >= 0.3 is 6.09 Å². The molecule has 33 heavy (non-hydrogen) atoms. The van der Waals surface area contributed by atoms with E-state index >= 15 is 0 Å². The van der Waals surface area contributed by atoms with E-state index in [9.17, 15) is 9.90 Å². The summed E-state index contributed by atoms with van der Waals surface area (Å²) in [5, 5.41) is 10.6. The van der Waals surface area contributed by atoms with Gasteiger partial charge in [0.25, 0.3) is 0 Å². The van der Waals surface area contributed by atoms with Crippen LogP contribution in [0.5, 0.6) is 0 Å². The number of amides is 1. The molecule has 0 bridgehead atoms. The van der Waals surface area contributed by atoms with Crippen molar-refractivity contribution in [1.82, 2.24) is 4.90 Å². The van der Waals surface area contributed by atoms with Gasteiger partial charge in [0.15, 0.2) is 0 Å². The van der Waals surface area contributed by atoms with E-state index < -0.39 is 6.09 Å². The van der Waals surface area contributed by atoms with Crippen molar-refractivity contribution < 1.29 is 9.90 Å². The summed E-state index contributed by atoms with van der Waals surface area (Å²) < 4.78 is 0. The fraction of sp³-hybridized carbons (Fsp3) is 0.900. The molecule has 3 nitrogen and oxygen atoms in total. The predicted octanol–water partition coefficient (Wildman–Crippen LogP) is 9.90. The van der Waals surface area contributed by atoms with Crippen molar-refractivity contribution in [3.63, 3.8) is 0 Å². The highest BCUT2D eigenvalue weighted by Crippen LogP contribution is 2.48. The lowest BCUT2D eigenvalue weighted by atomic mass is 9.65. The number of unbranched alkanes of at least 4 members (excludes halogenated alkanes) is 10. The minimum atomic E-state index is -0.645. The number of allylic oxidation sites excluding steroid dienone is 1. The Morgan fingerprint density at radius 2 is 1.48 bits per heavy atom. The molecule has 0 saturated heterocycles. The number of carbonyl (C=O) groups is 1. The highest BCUT2D eigenvalue weighted by molar-refractivity contribution is 5.67. The van der Waals surface area contributed by atoms with Crippen molar-refractivity contribution in [2.75, 3.05) is 0 Å². The summed E-state index contributed by atoms with van der Waals surface area (Å²) in [6.45, 7) is 8.92. The molecule has 192 valence electrons. The SMILES string of the molecule is C=C1CCC(CCCCCCCC)(N(C(=O)O)C2CCCCC2)C(CCCCCCCC)C1. The van der Waals surface area contributed by atoms with Gasteiger partial charge in [-0.15, -0.1) is 0 Å². The van der Waals surface area contributed by atoms with Crippen LogP contribution in [-0.4, -0.2) is 27.7 Å². The maximum absolute atomic E-state index is 12.9. The second-order valence-electron chi connectivity index (χ2n) is 11.3. The summed E-state index contributed by atoms with van der Waals surface area (Å²) in [7, 11) is 0. The van der Waals surface area contributed by atoms with E-state index in [0.717, 1.165) is 38.5 Å². The zero-order chi connectivity index (χ0) is 23.9. The van der Waals surface area contributed by atoms with Crippen LogP contribution in [0.25, 0.3) is 0 Å². The van der Waals surface area contributed by atoms with Crippen LogP contribution in [0.1, 0.15) is 155 Å². The maximum Gasteiger partial charge on any atom is 0.408 e. The molecule has 3 heteroatoms. The molecule has 0 aliphatic heterocycles. The average Bonchev–Trinajstić information content (AvgIpc) is 2.81. The zero-order valence-corrected chi connectivity index (χ0v) is 22.2. The molecular formula is C30H55NO2. The standard InChI is InChI=1S/C30H55NO2/c1-4-6-8-10-12-15-19-27-25-26(3)22-24-30(27,23-18-13-11-9-7-5-2)31(29(32)33)28-20-16-14-17-21-28/h27-28H,3-25H2,1-2H3,(H,32,33). The van der Waals surface area contributed by atoms with Gasteiger partial charge in [0.2, 0.25) is 0 Å². The van der Waals surface area contributed by atoms with Gasteiger partial charge in [-0.2, -0.15) is 0 Å². The molecule has 0 radical (unpaired) electrons. The number of hydrogen-bond donors (Lipinski definition) is 1. The summed E-state index contributed by atoms with van der Waals surface area (Å²) in [5.41, 5.74) is 1.20. The quantitative estimate of drug-likeness (QED) is 0.183. The van der Waals surface area contributed by atoms with Crippen LogP contribution in [0.4, 0.5) is 4.79 Å². The van der Waals surface area contributed by atoms with Crippen LogP contribution in [-0.2, 0) is 0 Å². The lowest BCUT2D eigenvalue weighted by Gasteiger charge is -2.54. The number of rotatable bonds is 16. The molecule has 2 unspecified atom stereocenters. The lowest BCUT2D eigenvalue weighted by Crippen LogP contribution is -2.61. The van der Waals surface area contributed by atoms with Crippen LogP contribution in [0.2, 0.25) is 0 Å². The van der Waals surface area contributed by atoms with Crippen LogP contribution >= 0.6 is 0 Å². The summed E-state index contributed by atoms with van der Waals surface area (Å²) in [5.74, 6) is 0.457. The van der Waals surface area contributed by atoms with Gasteiger partial charge < -0.3 is 5.11 Å². The van der Waals surface area contributed by atoms with E-state index in [1.165, 1.54) is 108 Å². The Hall–Kier alpha value is -0.990. The Balaban J connectivity index is 2.16. The van der Waals surface area contributed by atoms with Crippen molar-refractivity contribution in [1.29, 1.82) is 0 Å². The van der Waals surface area contributed by atoms with E-state index in [1.54, 1.807) is 0 Å². The van der Waals surface area contributed by atoms with Crippen molar-refractivity contribution in [3.8, 4) is 0 Å². The van der Waals surface area contributed by atoms with Gasteiger partial charge in [-0.05, 0) is 50.9 Å². The third kappa shape index (κ3) is 8.95. The second-order valence-corrected chi connectivity index (χ2v) is 11.3. The van der Waals surface area contributed by atoms with Crippen LogP contribution in [0, 0.1) is 5.92 Å². The number of hydrogen-bond acceptors (Lipinski definition) is 1. The molecule has 1 amide bonds. The van der Waals surface area contributed by atoms with Gasteiger partial charge in [0.05, 0.1) is 0 Å². The molecule has 0 aromatic rings. The molecule has 2 aliphatic carbocycles. The van der Waals surface area contributed by atoms with Crippen molar-refractivity contribution in [2.45, 2.75) is 167 Å². The topological polar surface area (TPSA) is 40.5 Å². The molecular weight excluding hydrogens is 406 g/mol. The highest BCUT2D eigenvalue weighted by atomic mass is 16.4. The molecule has 0 heterocycles. The molecule has 0 aromatic heterocycles. The van der Waals surface area contributed by atoms with Crippen LogP contribution in [0.3, 0.4) is 0 Å². The Morgan fingerprint density at radius 1 is 0.909 bits per heavy atom. The second kappa shape index (κ2) is 15.8. The Morgan fingerprint density at radius 3 is 2.09 bits per heavy atom. The molecule has 2 rings (SSSR count). The lowest BCUT2D eigenvalue weighted by molar-refractivity contribution is -0.0270. The van der Waals surface area contributed by atoms with Crippen molar-refractivity contribution in [2.24, 2.45) is 5.92 Å². The minimum absolute atomic E-state index is 0.163. The Kier molecular flexibility index (Phi) is 13.5. The van der Waals surface area contributed by atoms with E-state index in [1.807, 2.05) is 4.90 Å². The average molecular weight is 462 g/mol. The summed E-state index contributed by atoms with van der Waals surface area (Å²) in [4.78, 5) is 14.9. The van der Waals surface area contributed by atoms with Gasteiger partial charge in [0.1, 0.15) is 0 Å². The molecule has 2 atom stereocenters. The fourth-order valence-electron chi connectivity index (χ4n) is 6.81. The summed E-state index contributed by atoms with van der Waals surface area (Å²) >= 11 is 0. The van der Waals surface area contributed by atoms with E-state index in [4.69, 9.17) is 0 Å². The molecule has 2 saturated carbocycles. The highest BCUT2D eigenvalue weighted by Gasteiger charge is 2.49. The van der Waals surface area contributed by atoms with Crippen molar-refractivity contribution >= 4 is 6.09 Å². The van der Waals surface area contributed by atoms with Gasteiger partial charge in [0, 0.05) is 11.6 Å². The first kappa shape index (κ1) is 28.2. The zero-order valence-electron chi connectivity index (χ0n) is 22.2. The summed E-state index contributed by atoms with van der Waals surface area (Å²) in [6.07, 6.45) is 26.0. The normalized spacial score (nSPS) is 24.2. The van der Waals surface area contributed by atoms with Gasteiger partial charge in [-0.3, -0.25) is 4.90 Å². The maximum atomic E-state index is 12.9. The van der Waals surface area contributed by atoms with Crippen LogP contribution in [0.15, 0.2) is 12.2 Å². The first-order valence-corrected chi connectivity index (χ1v) is 14.7. The molecule has 2 fully saturated rings. The van der Waals surface area contributed by atoms with Crippen LogP contribution < -0.4 is 0 Å². The fourth-order valence-corrected chi connectivity index (χ4v) is 6.81. The number of nitrogens with zero attached hydrogens (tertiary/aromatic N) is 1. The van der Waals surface area contributed by atoms with Crippen molar-refractivity contribution in [3.05, 3.63) is 12.2 Å². The van der Waals surface area contributed by atoms with E-state index in [0.29, 0.717) is 5.92 Å². The largest absolute Gasteiger partial charge is 0.465 e. The first-order chi connectivity index (χ1) is 16.0. The smallest absolute Gasteiger partial charge is 0.408 e. The van der Waals surface area contributed by atoms with E-state index in [-0.39, 0.29) is 11.6 Å². The molecule has 0 spiro atoms.